The average Bonchev–Trinajstić information content (AvgIpc) is 2.93. The SMILES string of the molecule is O=C(N[C@H]1CCN(c2ccccc2)C1)N[C@@H]1CCCCNC1=O. The fourth-order valence-electron chi connectivity index (χ4n) is 3.21. The van der Waals surface area contributed by atoms with Crippen molar-refractivity contribution >= 4 is 17.6 Å². The maximum Gasteiger partial charge on any atom is 0.315 e. The molecule has 2 aliphatic heterocycles. The molecule has 2 atom stereocenters. The molecule has 0 unspecified atom stereocenters. The molecule has 0 aromatic heterocycles. The standard InChI is InChI=1S/C17H24N4O2/c22-16-15(8-4-5-10-18-16)20-17(23)19-13-9-11-21(12-13)14-6-2-1-3-7-14/h1-3,6-7,13,15H,4-5,8-12H2,(H,18,22)(H2,19,20,23)/t13-,15+/m0/s1. The lowest BCUT2D eigenvalue weighted by Crippen LogP contribution is -2.51. The van der Waals surface area contributed by atoms with Crippen LogP contribution < -0.4 is 20.9 Å². The molecule has 2 fully saturated rings. The predicted molar refractivity (Wildman–Crippen MR) is 89.4 cm³/mol. The molecule has 3 N–H and O–H groups in total. The summed E-state index contributed by atoms with van der Waals surface area (Å²) in [5.74, 6) is -0.0741. The van der Waals surface area contributed by atoms with Gasteiger partial charge in [-0.05, 0) is 37.8 Å². The number of carbonyl (C=O) groups excluding carboxylic acids is 2. The van der Waals surface area contributed by atoms with Crippen molar-refractivity contribution in [2.45, 2.75) is 37.8 Å². The molecule has 3 amide bonds. The minimum atomic E-state index is -0.413. The third-order valence-corrected chi connectivity index (χ3v) is 4.49. The Kier molecular flexibility index (Phi) is 5.00. The number of nitrogens with zero attached hydrogens (tertiary/aromatic N) is 1. The van der Waals surface area contributed by atoms with Crippen LogP contribution in [0.2, 0.25) is 0 Å². The number of carbonyl (C=O) groups is 2. The first kappa shape index (κ1) is 15.6. The van der Waals surface area contributed by atoms with E-state index in [1.807, 2.05) is 18.2 Å². The lowest BCUT2D eigenvalue weighted by Gasteiger charge is -2.20. The molecule has 6 nitrogen and oxygen atoms in total. The molecule has 0 spiro atoms. The number of anilines is 1. The quantitative estimate of drug-likeness (QED) is 0.785. The fraction of sp³-hybridized carbons (Fsp3) is 0.529. The number of rotatable bonds is 3. The summed E-state index contributed by atoms with van der Waals surface area (Å²) >= 11 is 0. The molecule has 0 aliphatic carbocycles. The molecule has 23 heavy (non-hydrogen) atoms. The molecular formula is C17H24N4O2. The summed E-state index contributed by atoms with van der Waals surface area (Å²) in [6.07, 6.45) is 3.55. The highest BCUT2D eigenvalue weighted by atomic mass is 16.2. The van der Waals surface area contributed by atoms with E-state index in [0.717, 1.165) is 32.4 Å². The summed E-state index contributed by atoms with van der Waals surface area (Å²) < 4.78 is 0. The average molecular weight is 316 g/mol. The van der Waals surface area contributed by atoms with Crippen molar-refractivity contribution in [2.75, 3.05) is 24.5 Å². The van der Waals surface area contributed by atoms with E-state index in [-0.39, 0.29) is 18.0 Å². The van der Waals surface area contributed by atoms with Crippen LogP contribution in [0.15, 0.2) is 30.3 Å². The van der Waals surface area contributed by atoms with Crippen LogP contribution in [0.5, 0.6) is 0 Å². The molecule has 2 saturated heterocycles. The van der Waals surface area contributed by atoms with E-state index >= 15 is 0 Å². The second-order valence-corrected chi connectivity index (χ2v) is 6.22. The normalized spacial score (nSPS) is 24.7. The summed E-state index contributed by atoms with van der Waals surface area (Å²) in [6.45, 7) is 2.43. The monoisotopic (exact) mass is 316 g/mol. The van der Waals surface area contributed by atoms with Gasteiger partial charge in [-0.2, -0.15) is 0 Å². The molecule has 124 valence electrons. The smallest absolute Gasteiger partial charge is 0.315 e. The van der Waals surface area contributed by atoms with E-state index in [1.165, 1.54) is 5.69 Å². The minimum Gasteiger partial charge on any atom is -0.369 e. The Hall–Kier alpha value is -2.24. The van der Waals surface area contributed by atoms with E-state index in [0.29, 0.717) is 13.0 Å². The zero-order chi connectivity index (χ0) is 16.1. The van der Waals surface area contributed by atoms with Gasteiger partial charge in [0.1, 0.15) is 6.04 Å². The van der Waals surface area contributed by atoms with E-state index in [1.54, 1.807) is 0 Å². The van der Waals surface area contributed by atoms with Crippen LogP contribution in [-0.2, 0) is 4.79 Å². The van der Waals surface area contributed by atoms with Crippen molar-refractivity contribution in [1.29, 1.82) is 0 Å². The van der Waals surface area contributed by atoms with Crippen molar-refractivity contribution < 1.29 is 9.59 Å². The third kappa shape index (κ3) is 4.15. The van der Waals surface area contributed by atoms with E-state index in [2.05, 4.69) is 33.0 Å². The van der Waals surface area contributed by atoms with Crippen molar-refractivity contribution in [1.82, 2.24) is 16.0 Å². The van der Waals surface area contributed by atoms with Gasteiger partial charge in [-0.25, -0.2) is 4.79 Å². The maximum atomic E-state index is 12.1. The molecule has 2 aliphatic rings. The Labute approximate surface area is 136 Å². The van der Waals surface area contributed by atoms with Gasteiger partial charge in [0.05, 0.1) is 0 Å². The van der Waals surface area contributed by atoms with Crippen LogP contribution in [0.4, 0.5) is 10.5 Å². The topological polar surface area (TPSA) is 73.5 Å². The largest absolute Gasteiger partial charge is 0.369 e. The van der Waals surface area contributed by atoms with Crippen molar-refractivity contribution in [3.05, 3.63) is 30.3 Å². The van der Waals surface area contributed by atoms with Gasteiger partial charge < -0.3 is 20.9 Å². The van der Waals surface area contributed by atoms with Crippen molar-refractivity contribution in [3.63, 3.8) is 0 Å². The number of amides is 3. The van der Waals surface area contributed by atoms with E-state index in [9.17, 15) is 9.59 Å². The Morgan fingerprint density at radius 1 is 1.13 bits per heavy atom. The summed E-state index contributed by atoms with van der Waals surface area (Å²) in [6, 6.07) is 9.66. The van der Waals surface area contributed by atoms with E-state index in [4.69, 9.17) is 0 Å². The van der Waals surface area contributed by atoms with Crippen LogP contribution in [0.1, 0.15) is 25.7 Å². The molecule has 3 rings (SSSR count). The van der Waals surface area contributed by atoms with Crippen LogP contribution in [0, 0.1) is 0 Å². The number of para-hydroxylation sites is 1. The lowest BCUT2D eigenvalue weighted by molar-refractivity contribution is -0.122. The summed E-state index contributed by atoms with van der Waals surface area (Å²) in [5, 5.41) is 8.64. The Bertz CT molecular complexity index is 549. The second-order valence-electron chi connectivity index (χ2n) is 6.22. The summed E-state index contributed by atoms with van der Waals surface area (Å²) in [7, 11) is 0. The van der Waals surface area contributed by atoms with Crippen LogP contribution in [-0.4, -0.2) is 43.7 Å². The van der Waals surface area contributed by atoms with Gasteiger partial charge in [0.2, 0.25) is 5.91 Å². The highest BCUT2D eigenvalue weighted by Gasteiger charge is 2.26. The van der Waals surface area contributed by atoms with Crippen LogP contribution in [0.3, 0.4) is 0 Å². The first-order chi connectivity index (χ1) is 11.2. The summed E-state index contributed by atoms with van der Waals surface area (Å²) in [4.78, 5) is 26.3. The number of nitrogens with one attached hydrogen (secondary N) is 3. The zero-order valence-electron chi connectivity index (χ0n) is 13.3. The molecular weight excluding hydrogens is 292 g/mol. The van der Waals surface area contributed by atoms with E-state index < -0.39 is 6.04 Å². The second kappa shape index (κ2) is 7.35. The molecule has 1 aromatic carbocycles. The van der Waals surface area contributed by atoms with Gasteiger partial charge in [0.15, 0.2) is 0 Å². The Morgan fingerprint density at radius 2 is 1.96 bits per heavy atom. The van der Waals surface area contributed by atoms with Crippen LogP contribution >= 0.6 is 0 Å². The summed E-state index contributed by atoms with van der Waals surface area (Å²) in [5.41, 5.74) is 1.18. The molecule has 6 heteroatoms. The highest BCUT2D eigenvalue weighted by Crippen LogP contribution is 2.19. The lowest BCUT2D eigenvalue weighted by atomic mass is 10.1. The molecule has 1 aromatic rings. The molecule has 0 bridgehead atoms. The van der Waals surface area contributed by atoms with Gasteiger partial charge in [-0.1, -0.05) is 18.2 Å². The first-order valence-electron chi connectivity index (χ1n) is 8.37. The third-order valence-electron chi connectivity index (χ3n) is 4.49. The van der Waals surface area contributed by atoms with Crippen molar-refractivity contribution in [3.8, 4) is 0 Å². The molecule has 0 saturated carbocycles. The highest BCUT2D eigenvalue weighted by molar-refractivity contribution is 5.87. The maximum absolute atomic E-state index is 12.1. The van der Waals surface area contributed by atoms with Gasteiger partial charge in [-0.3, -0.25) is 4.79 Å². The minimum absolute atomic E-state index is 0.0741. The Morgan fingerprint density at radius 3 is 2.78 bits per heavy atom. The fourth-order valence-corrected chi connectivity index (χ4v) is 3.21. The van der Waals surface area contributed by atoms with Gasteiger partial charge in [0.25, 0.3) is 0 Å². The first-order valence-corrected chi connectivity index (χ1v) is 8.37. The molecule has 0 radical (unpaired) electrons. The number of benzene rings is 1. The van der Waals surface area contributed by atoms with Crippen LogP contribution in [0.25, 0.3) is 0 Å². The zero-order valence-corrected chi connectivity index (χ0v) is 13.3. The van der Waals surface area contributed by atoms with Gasteiger partial charge in [0, 0.05) is 31.4 Å². The van der Waals surface area contributed by atoms with Gasteiger partial charge in [-0.15, -0.1) is 0 Å². The molecule has 2 heterocycles. The predicted octanol–water partition coefficient (Wildman–Crippen LogP) is 1.23. The number of hydrogen-bond acceptors (Lipinski definition) is 3. The van der Waals surface area contributed by atoms with Gasteiger partial charge >= 0.3 is 6.03 Å². The number of hydrogen-bond donors (Lipinski definition) is 3. The number of urea groups is 1. The van der Waals surface area contributed by atoms with Crippen molar-refractivity contribution in [2.24, 2.45) is 0 Å². The Balaban J connectivity index is 1.48.